The van der Waals surface area contributed by atoms with Crippen LogP contribution in [-0.2, 0) is 9.59 Å². The van der Waals surface area contributed by atoms with Crippen molar-refractivity contribution in [3.8, 4) is 10.6 Å². The number of thiazole rings is 1. The molecule has 2 amide bonds. The lowest BCUT2D eigenvalue weighted by molar-refractivity contribution is -0.125. The highest BCUT2D eigenvalue weighted by molar-refractivity contribution is 7.17. The van der Waals surface area contributed by atoms with Crippen molar-refractivity contribution in [2.45, 2.75) is 39.5 Å². The predicted molar refractivity (Wildman–Crippen MR) is 125 cm³/mol. The third-order valence-corrected chi connectivity index (χ3v) is 6.86. The molecule has 0 radical (unpaired) electrons. The van der Waals surface area contributed by atoms with Crippen molar-refractivity contribution in [2.75, 3.05) is 0 Å². The number of hydrogen-bond acceptors (Lipinski definition) is 7. The summed E-state index contributed by atoms with van der Waals surface area (Å²) in [6, 6.07) is 13.1. The zero-order valence-corrected chi connectivity index (χ0v) is 19.4. The number of thiophene rings is 1. The van der Waals surface area contributed by atoms with E-state index in [1.54, 1.807) is 13.0 Å². The normalized spacial score (nSPS) is 10.6. The maximum atomic E-state index is 12.4. The Balaban J connectivity index is 1.41. The Bertz CT molecular complexity index is 1140. The fraction of sp³-hybridized carbons (Fsp3) is 0.261. The summed E-state index contributed by atoms with van der Waals surface area (Å²) in [4.78, 5) is 55.0. The van der Waals surface area contributed by atoms with Gasteiger partial charge in [-0.3, -0.25) is 30.0 Å². The number of Topliss-reactive ketones (excluding diaryl/α,β-unsaturated/α-hetero) is 2. The van der Waals surface area contributed by atoms with E-state index >= 15 is 0 Å². The maximum Gasteiger partial charge on any atom is 0.281 e. The molecule has 2 aromatic heterocycles. The lowest BCUT2D eigenvalue weighted by Gasteiger charge is -2.06. The SMILES string of the molecule is Cc1ccc(C(=O)CCC(=O)CCC(=O)NNC(=O)c2sc(-c3ccccc3)nc2C)s1. The van der Waals surface area contributed by atoms with Crippen LogP contribution in [0.5, 0.6) is 0 Å². The molecule has 0 saturated carbocycles. The summed E-state index contributed by atoms with van der Waals surface area (Å²) < 4.78 is 0. The number of ketones is 2. The van der Waals surface area contributed by atoms with Crippen LogP contribution in [0.15, 0.2) is 42.5 Å². The van der Waals surface area contributed by atoms with Crippen LogP contribution in [0.25, 0.3) is 10.6 Å². The minimum atomic E-state index is -0.475. The van der Waals surface area contributed by atoms with Gasteiger partial charge in [-0.2, -0.15) is 0 Å². The highest BCUT2D eigenvalue weighted by Gasteiger charge is 2.17. The Hall–Kier alpha value is -3.17. The molecule has 0 unspecified atom stereocenters. The molecule has 0 fully saturated rings. The van der Waals surface area contributed by atoms with E-state index in [1.807, 2.05) is 43.3 Å². The van der Waals surface area contributed by atoms with Gasteiger partial charge in [-0.05, 0) is 26.0 Å². The standard InChI is InChI=1S/C23H23N3O4S2/c1-14-8-12-19(31-14)18(28)11-9-17(27)10-13-20(29)25-26-22(30)21-15(2)24-23(32-21)16-6-4-3-5-7-16/h3-8,12H,9-11,13H2,1-2H3,(H,25,29)(H,26,30). The molecule has 0 aliphatic rings. The summed E-state index contributed by atoms with van der Waals surface area (Å²) in [6.45, 7) is 3.65. The Morgan fingerprint density at radius 1 is 0.844 bits per heavy atom. The van der Waals surface area contributed by atoms with Gasteiger partial charge in [0.2, 0.25) is 5.91 Å². The molecule has 0 atom stereocenters. The molecule has 32 heavy (non-hydrogen) atoms. The van der Waals surface area contributed by atoms with Crippen LogP contribution < -0.4 is 10.9 Å². The number of benzene rings is 1. The zero-order valence-electron chi connectivity index (χ0n) is 17.8. The quantitative estimate of drug-likeness (QED) is 0.360. The van der Waals surface area contributed by atoms with Crippen molar-refractivity contribution >= 4 is 46.1 Å². The average Bonchev–Trinajstić information content (AvgIpc) is 3.40. The monoisotopic (exact) mass is 469 g/mol. The van der Waals surface area contributed by atoms with E-state index in [0.29, 0.717) is 15.4 Å². The van der Waals surface area contributed by atoms with Crippen LogP contribution in [0.1, 0.15) is 55.6 Å². The predicted octanol–water partition coefficient (Wildman–Crippen LogP) is 4.26. The topological polar surface area (TPSA) is 105 Å². The van der Waals surface area contributed by atoms with Gasteiger partial charge in [-0.1, -0.05) is 30.3 Å². The molecule has 2 heterocycles. The molecule has 2 N–H and O–H groups in total. The molecule has 9 heteroatoms. The summed E-state index contributed by atoms with van der Waals surface area (Å²) in [6.07, 6.45) is 0.168. The molecule has 0 saturated heterocycles. The van der Waals surface area contributed by atoms with Gasteiger partial charge in [0.05, 0.1) is 10.6 Å². The van der Waals surface area contributed by atoms with E-state index in [4.69, 9.17) is 0 Å². The third kappa shape index (κ3) is 6.41. The van der Waals surface area contributed by atoms with Crippen LogP contribution in [0.4, 0.5) is 0 Å². The Morgan fingerprint density at radius 2 is 1.56 bits per heavy atom. The molecule has 0 aliphatic carbocycles. The summed E-state index contributed by atoms with van der Waals surface area (Å²) in [5, 5.41) is 0.720. The number of nitrogens with one attached hydrogen (secondary N) is 2. The molecule has 7 nitrogen and oxygen atoms in total. The highest BCUT2D eigenvalue weighted by Crippen LogP contribution is 2.27. The molecular formula is C23H23N3O4S2. The van der Waals surface area contributed by atoms with E-state index in [-0.39, 0.29) is 37.2 Å². The van der Waals surface area contributed by atoms with Gasteiger partial charge in [-0.25, -0.2) is 4.98 Å². The van der Waals surface area contributed by atoms with Crippen LogP contribution in [-0.4, -0.2) is 28.4 Å². The van der Waals surface area contributed by atoms with Crippen LogP contribution in [0.3, 0.4) is 0 Å². The second-order valence-electron chi connectivity index (χ2n) is 7.17. The number of hydrogen-bond donors (Lipinski definition) is 2. The van der Waals surface area contributed by atoms with Gasteiger partial charge in [0.15, 0.2) is 5.78 Å². The zero-order chi connectivity index (χ0) is 23.1. The fourth-order valence-electron chi connectivity index (χ4n) is 2.90. The second-order valence-corrected chi connectivity index (χ2v) is 9.46. The first kappa shape index (κ1) is 23.5. The van der Waals surface area contributed by atoms with Crippen LogP contribution >= 0.6 is 22.7 Å². The number of hydrazine groups is 1. The largest absolute Gasteiger partial charge is 0.300 e. The van der Waals surface area contributed by atoms with Gasteiger partial charge >= 0.3 is 0 Å². The number of carbonyl (C=O) groups excluding carboxylic acids is 4. The molecular weight excluding hydrogens is 446 g/mol. The van der Waals surface area contributed by atoms with Crippen molar-refractivity contribution < 1.29 is 19.2 Å². The van der Waals surface area contributed by atoms with Crippen molar-refractivity contribution in [3.63, 3.8) is 0 Å². The number of rotatable bonds is 9. The number of nitrogens with zero attached hydrogens (tertiary/aromatic N) is 1. The van der Waals surface area contributed by atoms with Crippen molar-refractivity contribution in [2.24, 2.45) is 0 Å². The van der Waals surface area contributed by atoms with Crippen LogP contribution in [0, 0.1) is 13.8 Å². The molecule has 1 aromatic carbocycles. The maximum absolute atomic E-state index is 12.4. The number of aryl methyl sites for hydroxylation is 2. The first-order chi connectivity index (χ1) is 15.3. The summed E-state index contributed by atoms with van der Waals surface area (Å²) in [7, 11) is 0. The van der Waals surface area contributed by atoms with E-state index < -0.39 is 11.8 Å². The minimum absolute atomic E-state index is 0.0101. The van der Waals surface area contributed by atoms with Gasteiger partial charge in [0.1, 0.15) is 15.7 Å². The molecule has 0 aliphatic heterocycles. The molecule has 0 spiro atoms. The first-order valence-corrected chi connectivity index (χ1v) is 11.7. The number of aromatic nitrogens is 1. The van der Waals surface area contributed by atoms with Gasteiger partial charge in [0, 0.05) is 36.1 Å². The van der Waals surface area contributed by atoms with Gasteiger partial charge in [0.25, 0.3) is 5.91 Å². The van der Waals surface area contributed by atoms with Crippen molar-refractivity contribution in [3.05, 3.63) is 62.8 Å². The van der Waals surface area contributed by atoms with E-state index in [0.717, 1.165) is 15.4 Å². The number of carbonyl (C=O) groups is 4. The molecule has 166 valence electrons. The Kier molecular flexibility index (Phi) is 8.02. The molecule has 3 rings (SSSR count). The smallest absolute Gasteiger partial charge is 0.281 e. The van der Waals surface area contributed by atoms with Crippen molar-refractivity contribution in [1.29, 1.82) is 0 Å². The van der Waals surface area contributed by atoms with Crippen molar-refractivity contribution in [1.82, 2.24) is 15.8 Å². The van der Waals surface area contributed by atoms with E-state index in [2.05, 4.69) is 15.8 Å². The summed E-state index contributed by atoms with van der Waals surface area (Å²) in [5.41, 5.74) is 6.18. The number of amides is 2. The third-order valence-electron chi connectivity index (χ3n) is 4.62. The summed E-state index contributed by atoms with van der Waals surface area (Å²) in [5.74, 6) is -1.17. The Morgan fingerprint density at radius 3 is 2.25 bits per heavy atom. The average molecular weight is 470 g/mol. The van der Waals surface area contributed by atoms with Gasteiger partial charge in [-0.15, -0.1) is 22.7 Å². The summed E-state index contributed by atoms with van der Waals surface area (Å²) >= 11 is 2.65. The lowest BCUT2D eigenvalue weighted by atomic mass is 10.1. The minimum Gasteiger partial charge on any atom is -0.300 e. The van der Waals surface area contributed by atoms with Gasteiger partial charge < -0.3 is 0 Å². The molecule has 0 bridgehead atoms. The Labute approximate surface area is 193 Å². The van der Waals surface area contributed by atoms with E-state index in [9.17, 15) is 19.2 Å². The fourth-order valence-corrected chi connectivity index (χ4v) is 4.70. The molecule has 3 aromatic rings. The van der Waals surface area contributed by atoms with Crippen LogP contribution in [0.2, 0.25) is 0 Å². The lowest BCUT2D eigenvalue weighted by Crippen LogP contribution is -2.41. The second kappa shape index (κ2) is 10.9. The first-order valence-electron chi connectivity index (χ1n) is 10.1. The highest BCUT2D eigenvalue weighted by atomic mass is 32.1. The van der Waals surface area contributed by atoms with E-state index in [1.165, 1.54) is 22.7 Å².